The fraction of sp³-hybridized carbons (Fsp3) is 0.161. The first-order valence-electron chi connectivity index (χ1n) is 12.4. The van der Waals surface area contributed by atoms with E-state index < -0.39 is 0 Å². The normalized spacial score (nSPS) is 11.4. The first kappa shape index (κ1) is 24.7. The highest BCUT2D eigenvalue weighted by Gasteiger charge is 2.13. The Hall–Kier alpha value is -3.95. The van der Waals surface area contributed by atoms with Crippen molar-refractivity contribution in [2.45, 2.75) is 27.3 Å². The summed E-state index contributed by atoms with van der Waals surface area (Å²) in [6, 6.07) is 25.4. The van der Waals surface area contributed by atoms with Crippen molar-refractivity contribution >= 4 is 36.7 Å². The molecule has 37 heavy (non-hydrogen) atoms. The number of anilines is 2. The molecule has 0 aliphatic heterocycles. The van der Waals surface area contributed by atoms with Gasteiger partial charge in [-0.3, -0.25) is 0 Å². The average Bonchev–Trinajstić information content (AvgIpc) is 3.30. The summed E-state index contributed by atoms with van der Waals surface area (Å²) in [4.78, 5) is 4.99. The zero-order valence-corrected chi connectivity index (χ0v) is 22.8. The van der Waals surface area contributed by atoms with Crippen LogP contribution >= 0.6 is 8.58 Å². The number of nitrogens with one attached hydrogen (secondary N) is 2. The van der Waals surface area contributed by atoms with Crippen LogP contribution in [-0.4, -0.2) is 21.3 Å². The molecule has 0 radical (unpaired) electrons. The molecule has 2 N–H and O–H groups in total. The summed E-state index contributed by atoms with van der Waals surface area (Å²) in [5, 5.41) is 12.9. The molecule has 5 nitrogen and oxygen atoms in total. The lowest BCUT2D eigenvalue weighted by molar-refractivity contribution is 0.927. The number of rotatable bonds is 8. The van der Waals surface area contributed by atoms with E-state index in [1.54, 1.807) is 0 Å². The predicted molar refractivity (Wildman–Crippen MR) is 159 cm³/mol. The SMILES string of the molecule is C=C(Nc1cccc(CNc2cc(-c3ccccc3C)nc3c(PC)cnn23)c1)c1cc(C)cc(C)c1. The Kier molecular flexibility index (Phi) is 7.07. The molecular weight excluding hydrogens is 473 g/mol. The lowest BCUT2D eigenvalue weighted by Gasteiger charge is -2.14. The second-order valence-electron chi connectivity index (χ2n) is 9.42. The van der Waals surface area contributed by atoms with Crippen LogP contribution in [0.2, 0.25) is 0 Å². The van der Waals surface area contributed by atoms with E-state index in [-0.39, 0.29) is 0 Å². The van der Waals surface area contributed by atoms with Gasteiger partial charge >= 0.3 is 0 Å². The van der Waals surface area contributed by atoms with E-state index in [2.05, 4.69) is 123 Å². The third-order valence-corrected chi connectivity index (χ3v) is 7.32. The van der Waals surface area contributed by atoms with Gasteiger partial charge in [0.1, 0.15) is 5.82 Å². The zero-order chi connectivity index (χ0) is 25.9. The molecule has 0 aliphatic carbocycles. The van der Waals surface area contributed by atoms with E-state index in [9.17, 15) is 0 Å². The quantitative estimate of drug-likeness (QED) is 0.224. The van der Waals surface area contributed by atoms with E-state index >= 15 is 0 Å². The highest BCUT2D eigenvalue weighted by atomic mass is 31.1. The average molecular weight is 506 g/mol. The molecule has 2 aromatic heterocycles. The van der Waals surface area contributed by atoms with Crippen molar-refractivity contribution in [1.29, 1.82) is 0 Å². The summed E-state index contributed by atoms with van der Waals surface area (Å²) in [5.74, 6) is 0.922. The molecule has 5 rings (SSSR count). The number of fused-ring (bicyclic) bond motifs is 1. The van der Waals surface area contributed by atoms with E-state index in [1.165, 1.54) is 16.7 Å². The van der Waals surface area contributed by atoms with Gasteiger partial charge in [0.2, 0.25) is 0 Å². The van der Waals surface area contributed by atoms with Crippen LogP contribution in [0.5, 0.6) is 0 Å². The fourth-order valence-electron chi connectivity index (χ4n) is 4.61. The first-order chi connectivity index (χ1) is 17.9. The van der Waals surface area contributed by atoms with Crippen LogP contribution in [0.1, 0.15) is 27.8 Å². The molecule has 0 saturated carbocycles. The molecule has 0 bridgehead atoms. The standard InChI is InChI=1S/C31H32N5P/c1-20-13-21(2)15-25(14-20)23(4)34-26-11-8-10-24(16-26)18-32-30-17-28(27-12-7-6-9-22(27)3)35-31-29(37-5)19-33-36(30)31/h6-17,19,32,34,37H,4,18H2,1-3,5H3. The Labute approximate surface area is 220 Å². The van der Waals surface area contributed by atoms with E-state index in [1.807, 2.05) is 10.7 Å². The van der Waals surface area contributed by atoms with Crippen molar-refractivity contribution in [3.8, 4) is 11.3 Å². The molecule has 0 amide bonds. The van der Waals surface area contributed by atoms with E-state index in [0.717, 1.165) is 50.5 Å². The van der Waals surface area contributed by atoms with Crippen molar-refractivity contribution in [2.24, 2.45) is 0 Å². The predicted octanol–water partition coefficient (Wildman–Crippen LogP) is 6.95. The zero-order valence-electron chi connectivity index (χ0n) is 21.8. The number of aromatic nitrogens is 3. The molecule has 5 aromatic rings. The lowest BCUT2D eigenvalue weighted by Crippen LogP contribution is -2.08. The molecule has 6 heteroatoms. The smallest absolute Gasteiger partial charge is 0.165 e. The van der Waals surface area contributed by atoms with Crippen molar-refractivity contribution in [3.05, 3.63) is 113 Å². The monoisotopic (exact) mass is 505 g/mol. The maximum Gasteiger partial charge on any atom is 0.165 e. The number of hydrogen-bond acceptors (Lipinski definition) is 4. The van der Waals surface area contributed by atoms with Crippen LogP contribution in [0, 0.1) is 20.8 Å². The van der Waals surface area contributed by atoms with Gasteiger partial charge < -0.3 is 10.6 Å². The van der Waals surface area contributed by atoms with Crippen LogP contribution in [0.15, 0.2) is 85.6 Å². The summed E-state index contributed by atoms with van der Waals surface area (Å²) in [6.45, 7) is 13.4. The van der Waals surface area contributed by atoms with Gasteiger partial charge in [-0.2, -0.15) is 9.61 Å². The Morgan fingerprint density at radius 3 is 2.49 bits per heavy atom. The molecular formula is C31H32N5P. The third kappa shape index (κ3) is 5.42. The van der Waals surface area contributed by atoms with Crippen LogP contribution < -0.4 is 15.9 Å². The van der Waals surface area contributed by atoms with Crippen LogP contribution in [0.3, 0.4) is 0 Å². The molecule has 0 spiro atoms. The third-order valence-electron chi connectivity index (χ3n) is 6.43. The second-order valence-corrected chi connectivity index (χ2v) is 10.5. The Morgan fingerprint density at radius 2 is 1.73 bits per heavy atom. The summed E-state index contributed by atoms with van der Waals surface area (Å²) in [6.07, 6.45) is 1.93. The van der Waals surface area contributed by atoms with Gasteiger partial charge in [0.25, 0.3) is 0 Å². The number of nitrogens with zero attached hydrogens (tertiary/aromatic N) is 3. The largest absolute Gasteiger partial charge is 0.366 e. The van der Waals surface area contributed by atoms with Gasteiger partial charge in [-0.15, -0.1) is 0 Å². The Bertz CT molecular complexity index is 1580. The number of hydrogen-bond donors (Lipinski definition) is 2. The summed E-state index contributed by atoms with van der Waals surface area (Å²) >= 11 is 0. The molecule has 0 aliphatic rings. The molecule has 0 saturated heterocycles. The molecule has 186 valence electrons. The fourth-order valence-corrected chi connectivity index (χ4v) is 5.18. The Balaban J connectivity index is 1.40. The molecule has 2 heterocycles. The van der Waals surface area contributed by atoms with Crippen molar-refractivity contribution in [1.82, 2.24) is 14.6 Å². The van der Waals surface area contributed by atoms with Crippen LogP contribution in [0.25, 0.3) is 22.6 Å². The molecule has 3 aromatic carbocycles. The van der Waals surface area contributed by atoms with Crippen molar-refractivity contribution < 1.29 is 0 Å². The van der Waals surface area contributed by atoms with E-state index in [0.29, 0.717) is 15.1 Å². The highest BCUT2D eigenvalue weighted by Crippen LogP contribution is 2.26. The maximum absolute atomic E-state index is 4.99. The minimum Gasteiger partial charge on any atom is -0.366 e. The maximum atomic E-state index is 4.99. The second kappa shape index (κ2) is 10.6. The highest BCUT2D eigenvalue weighted by molar-refractivity contribution is 7.46. The first-order valence-corrected chi connectivity index (χ1v) is 13.9. The number of benzene rings is 3. The van der Waals surface area contributed by atoms with Crippen molar-refractivity contribution in [3.63, 3.8) is 0 Å². The van der Waals surface area contributed by atoms with Gasteiger partial charge in [0, 0.05) is 34.9 Å². The van der Waals surface area contributed by atoms with Gasteiger partial charge in [-0.05, 0) is 68.4 Å². The van der Waals surface area contributed by atoms with Gasteiger partial charge in [-0.25, -0.2) is 4.98 Å². The van der Waals surface area contributed by atoms with Crippen molar-refractivity contribution in [2.75, 3.05) is 17.3 Å². The van der Waals surface area contributed by atoms with Crippen LogP contribution in [0.4, 0.5) is 11.5 Å². The number of aryl methyl sites for hydroxylation is 3. The lowest BCUT2D eigenvalue weighted by atomic mass is 10.1. The van der Waals surface area contributed by atoms with Gasteiger partial charge in [-0.1, -0.05) is 68.8 Å². The van der Waals surface area contributed by atoms with Gasteiger partial charge in [0.15, 0.2) is 5.65 Å². The molecule has 0 fully saturated rings. The topological polar surface area (TPSA) is 54.2 Å². The molecule has 1 unspecified atom stereocenters. The Morgan fingerprint density at radius 1 is 0.946 bits per heavy atom. The minimum absolute atomic E-state index is 0.622. The van der Waals surface area contributed by atoms with Crippen LogP contribution in [-0.2, 0) is 6.54 Å². The molecule has 1 atom stereocenters. The summed E-state index contributed by atoms with van der Waals surface area (Å²) < 4.78 is 1.91. The van der Waals surface area contributed by atoms with E-state index in [4.69, 9.17) is 4.98 Å². The minimum atomic E-state index is 0.622. The summed E-state index contributed by atoms with van der Waals surface area (Å²) in [7, 11) is 0.622. The van der Waals surface area contributed by atoms with Gasteiger partial charge in [0.05, 0.1) is 11.9 Å². The summed E-state index contributed by atoms with van der Waals surface area (Å²) in [5.41, 5.74) is 10.8.